The molecule has 0 aliphatic heterocycles. The van der Waals surface area contributed by atoms with Gasteiger partial charge in [-0.05, 0) is 0 Å². The summed E-state index contributed by atoms with van der Waals surface area (Å²) in [7, 11) is -2.53. The number of nitrogens with one attached hydrogen (secondary N) is 1. The molecule has 0 heterocycles. The van der Waals surface area contributed by atoms with Gasteiger partial charge in [0.2, 0.25) is 5.91 Å². The number of carbonyl (C=O) groups is 2. The van der Waals surface area contributed by atoms with E-state index in [-0.39, 0.29) is 0 Å². The van der Waals surface area contributed by atoms with E-state index in [1.54, 1.807) is 0 Å². The Bertz CT molecular complexity index is 280. The third-order valence-corrected chi connectivity index (χ3v) is 2.36. The number of carboxylic acid groups (broad SMARTS) is 1. The highest BCUT2D eigenvalue weighted by atomic mass is 32.2. The molecule has 0 aliphatic carbocycles. The Morgan fingerprint density at radius 3 is 2.17 bits per heavy atom. The lowest BCUT2D eigenvalue weighted by molar-refractivity contribution is -0.134. The van der Waals surface area contributed by atoms with Crippen molar-refractivity contribution in [3.8, 4) is 0 Å². The first-order valence-corrected chi connectivity index (χ1v) is 4.82. The standard InChI is InChI=1S/C5H9NO5S/c1-6-4(7)2-12(10,11)3-5(8)9/h2-3H2,1H3,(H,6,7)(H,8,9). The summed E-state index contributed by atoms with van der Waals surface area (Å²) in [4.78, 5) is 20.5. The van der Waals surface area contributed by atoms with Crippen LogP contribution in [0.1, 0.15) is 0 Å². The first-order chi connectivity index (χ1) is 5.37. The molecule has 0 saturated heterocycles. The van der Waals surface area contributed by atoms with Gasteiger partial charge in [-0.2, -0.15) is 0 Å². The maximum Gasteiger partial charge on any atom is 0.318 e. The van der Waals surface area contributed by atoms with Crippen LogP contribution in [-0.2, 0) is 19.4 Å². The van der Waals surface area contributed by atoms with Crippen LogP contribution in [0.15, 0.2) is 0 Å². The maximum atomic E-state index is 10.8. The number of amides is 1. The molecule has 0 aliphatic rings. The van der Waals surface area contributed by atoms with Gasteiger partial charge < -0.3 is 10.4 Å². The first kappa shape index (κ1) is 10.9. The molecule has 0 aromatic carbocycles. The normalized spacial score (nSPS) is 10.8. The second-order valence-electron chi connectivity index (χ2n) is 2.10. The number of carboxylic acids is 1. The summed E-state index contributed by atoms with van der Waals surface area (Å²) in [6, 6.07) is 0. The van der Waals surface area contributed by atoms with Gasteiger partial charge in [0.25, 0.3) is 0 Å². The molecule has 70 valence electrons. The molecule has 0 fully saturated rings. The molecule has 0 saturated carbocycles. The van der Waals surface area contributed by atoms with E-state index in [2.05, 4.69) is 5.32 Å². The van der Waals surface area contributed by atoms with Crippen LogP contribution in [0.5, 0.6) is 0 Å². The molecular formula is C5H9NO5S. The smallest absolute Gasteiger partial charge is 0.318 e. The van der Waals surface area contributed by atoms with Crippen molar-refractivity contribution in [2.45, 2.75) is 0 Å². The van der Waals surface area contributed by atoms with Crippen LogP contribution in [0.3, 0.4) is 0 Å². The van der Waals surface area contributed by atoms with Gasteiger partial charge in [-0.3, -0.25) is 9.59 Å². The molecule has 0 radical (unpaired) electrons. The summed E-state index contributed by atoms with van der Waals surface area (Å²) in [5.41, 5.74) is 0. The molecule has 2 N–H and O–H groups in total. The molecule has 6 nitrogen and oxygen atoms in total. The highest BCUT2D eigenvalue weighted by Gasteiger charge is 2.19. The average molecular weight is 195 g/mol. The van der Waals surface area contributed by atoms with E-state index >= 15 is 0 Å². The maximum absolute atomic E-state index is 10.8. The molecule has 1 amide bonds. The van der Waals surface area contributed by atoms with Crippen LogP contribution >= 0.6 is 0 Å². The van der Waals surface area contributed by atoms with Crippen molar-refractivity contribution in [2.75, 3.05) is 18.6 Å². The van der Waals surface area contributed by atoms with Gasteiger partial charge in [0, 0.05) is 7.05 Å². The Kier molecular flexibility index (Phi) is 3.68. The highest BCUT2D eigenvalue weighted by molar-refractivity contribution is 7.92. The first-order valence-electron chi connectivity index (χ1n) is 3.00. The summed E-state index contributed by atoms with van der Waals surface area (Å²) in [6.45, 7) is 0. The van der Waals surface area contributed by atoms with E-state index in [1.165, 1.54) is 7.05 Å². The molecule has 12 heavy (non-hydrogen) atoms. The Labute approximate surface area is 69.5 Å². The summed E-state index contributed by atoms with van der Waals surface area (Å²) in [5, 5.41) is 10.2. The van der Waals surface area contributed by atoms with Crippen LogP contribution in [0.4, 0.5) is 0 Å². The van der Waals surface area contributed by atoms with Crippen molar-refractivity contribution in [3.63, 3.8) is 0 Å². The molecule has 0 rings (SSSR count). The van der Waals surface area contributed by atoms with E-state index in [4.69, 9.17) is 5.11 Å². The quantitative estimate of drug-likeness (QED) is 0.553. The molecular weight excluding hydrogens is 186 g/mol. The lowest BCUT2D eigenvalue weighted by Gasteiger charge is -1.98. The van der Waals surface area contributed by atoms with Crippen molar-refractivity contribution < 1.29 is 23.1 Å². The summed E-state index contributed by atoms with van der Waals surface area (Å²) in [5.74, 6) is -3.97. The largest absolute Gasteiger partial charge is 0.480 e. The summed E-state index contributed by atoms with van der Waals surface area (Å²) < 4.78 is 21.5. The summed E-state index contributed by atoms with van der Waals surface area (Å²) >= 11 is 0. The number of aliphatic carboxylic acids is 1. The number of carbonyl (C=O) groups excluding carboxylic acids is 1. The third-order valence-electron chi connectivity index (χ3n) is 0.973. The van der Waals surface area contributed by atoms with Crippen molar-refractivity contribution in [3.05, 3.63) is 0 Å². The average Bonchev–Trinajstić information content (AvgIpc) is 1.83. The van der Waals surface area contributed by atoms with E-state index in [9.17, 15) is 18.0 Å². The second kappa shape index (κ2) is 4.05. The van der Waals surface area contributed by atoms with Crippen LogP contribution in [0, 0.1) is 0 Å². The van der Waals surface area contributed by atoms with E-state index in [1.807, 2.05) is 0 Å². The van der Waals surface area contributed by atoms with Gasteiger partial charge in [0.1, 0.15) is 11.5 Å². The second-order valence-corrected chi connectivity index (χ2v) is 4.16. The van der Waals surface area contributed by atoms with Crippen LogP contribution in [-0.4, -0.2) is 44.0 Å². The monoisotopic (exact) mass is 195 g/mol. The minimum Gasteiger partial charge on any atom is -0.480 e. The van der Waals surface area contributed by atoms with Crippen molar-refractivity contribution in [1.29, 1.82) is 0 Å². The fraction of sp³-hybridized carbons (Fsp3) is 0.600. The Morgan fingerprint density at radius 1 is 1.33 bits per heavy atom. The Balaban J connectivity index is 4.25. The highest BCUT2D eigenvalue weighted by Crippen LogP contribution is 1.89. The van der Waals surface area contributed by atoms with Crippen molar-refractivity contribution in [2.24, 2.45) is 0 Å². The number of hydrogen-bond donors (Lipinski definition) is 2. The predicted molar refractivity (Wildman–Crippen MR) is 40.4 cm³/mol. The van der Waals surface area contributed by atoms with E-state index in [0.717, 1.165) is 0 Å². The van der Waals surface area contributed by atoms with Crippen molar-refractivity contribution >= 4 is 21.7 Å². The van der Waals surface area contributed by atoms with E-state index < -0.39 is 33.2 Å². The fourth-order valence-electron chi connectivity index (χ4n) is 0.511. The topological polar surface area (TPSA) is 101 Å². The molecule has 0 aromatic rings. The Hall–Kier alpha value is -1.11. The van der Waals surface area contributed by atoms with Gasteiger partial charge in [-0.1, -0.05) is 0 Å². The molecule has 0 spiro atoms. The van der Waals surface area contributed by atoms with Gasteiger partial charge in [0.05, 0.1) is 0 Å². The molecule has 0 bridgehead atoms. The molecule has 0 atom stereocenters. The summed E-state index contributed by atoms with van der Waals surface area (Å²) in [6.07, 6.45) is 0. The zero-order valence-electron chi connectivity index (χ0n) is 6.40. The molecule has 0 aromatic heterocycles. The predicted octanol–water partition coefficient (Wildman–Crippen LogP) is -1.77. The minimum atomic E-state index is -3.80. The lowest BCUT2D eigenvalue weighted by atomic mass is 10.7. The molecule has 7 heteroatoms. The lowest BCUT2D eigenvalue weighted by Crippen LogP contribution is -2.30. The SMILES string of the molecule is CNC(=O)CS(=O)(=O)CC(=O)O. The number of sulfone groups is 1. The number of rotatable bonds is 4. The van der Waals surface area contributed by atoms with Crippen molar-refractivity contribution in [1.82, 2.24) is 5.32 Å². The fourth-order valence-corrected chi connectivity index (χ4v) is 1.53. The van der Waals surface area contributed by atoms with Crippen LogP contribution in [0.2, 0.25) is 0 Å². The van der Waals surface area contributed by atoms with E-state index in [0.29, 0.717) is 0 Å². The zero-order chi connectivity index (χ0) is 9.78. The third kappa shape index (κ3) is 4.67. The van der Waals surface area contributed by atoms with Gasteiger partial charge in [-0.15, -0.1) is 0 Å². The van der Waals surface area contributed by atoms with Crippen LogP contribution in [0.25, 0.3) is 0 Å². The van der Waals surface area contributed by atoms with Crippen LogP contribution < -0.4 is 5.32 Å². The van der Waals surface area contributed by atoms with Gasteiger partial charge >= 0.3 is 5.97 Å². The zero-order valence-corrected chi connectivity index (χ0v) is 7.22. The minimum absolute atomic E-state index is 0.712. The van der Waals surface area contributed by atoms with Gasteiger partial charge in [-0.25, -0.2) is 8.42 Å². The number of hydrogen-bond acceptors (Lipinski definition) is 4. The van der Waals surface area contributed by atoms with Gasteiger partial charge in [0.15, 0.2) is 9.84 Å². The molecule has 0 unspecified atom stereocenters. The Morgan fingerprint density at radius 2 is 1.83 bits per heavy atom.